The molecule has 3 heterocycles. The summed E-state index contributed by atoms with van der Waals surface area (Å²) in [4.78, 5) is 2.40. The number of furan rings is 2. The van der Waals surface area contributed by atoms with Gasteiger partial charge in [0.1, 0.15) is 16.7 Å². The highest BCUT2D eigenvalue weighted by atomic mass is 32.1. The van der Waals surface area contributed by atoms with Gasteiger partial charge in [0, 0.05) is 69.6 Å². The van der Waals surface area contributed by atoms with E-state index in [-0.39, 0.29) is 5.41 Å². The first kappa shape index (κ1) is 35.6. The molecule has 3 nitrogen and oxygen atoms in total. The third-order valence-corrected chi connectivity index (χ3v) is 14.8. The monoisotopic (exact) mass is 815 g/mol. The Morgan fingerprint density at radius 2 is 1.31 bits per heavy atom. The molecule has 4 heteroatoms. The van der Waals surface area contributed by atoms with E-state index in [2.05, 4.69) is 196 Å². The molecule has 13 rings (SSSR count). The van der Waals surface area contributed by atoms with Crippen molar-refractivity contribution in [1.82, 2.24) is 0 Å². The molecule has 2 aliphatic carbocycles. The van der Waals surface area contributed by atoms with Gasteiger partial charge >= 0.3 is 0 Å². The summed E-state index contributed by atoms with van der Waals surface area (Å²) in [5.74, 6) is 0.525. The summed E-state index contributed by atoms with van der Waals surface area (Å²) in [7, 11) is 0. The minimum Gasteiger partial charge on any atom is -0.456 e. The number of fused-ring (bicyclic) bond motifs is 12. The van der Waals surface area contributed by atoms with Gasteiger partial charge in [-0.15, -0.1) is 11.3 Å². The Hall–Kier alpha value is -7.14. The Balaban J connectivity index is 1.09. The van der Waals surface area contributed by atoms with Gasteiger partial charge in [-0.2, -0.15) is 0 Å². The molecule has 0 fully saturated rings. The Labute approximate surface area is 363 Å². The van der Waals surface area contributed by atoms with Crippen molar-refractivity contribution in [3.63, 3.8) is 0 Å². The fourth-order valence-corrected chi connectivity index (χ4v) is 11.8. The van der Waals surface area contributed by atoms with E-state index in [0.29, 0.717) is 5.92 Å². The van der Waals surface area contributed by atoms with E-state index in [1.54, 1.807) is 0 Å². The summed E-state index contributed by atoms with van der Waals surface area (Å²) in [6, 6.07) is 59.3. The van der Waals surface area contributed by atoms with Crippen LogP contribution in [0.25, 0.3) is 91.9 Å². The lowest BCUT2D eigenvalue weighted by Crippen LogP contribution is -2.17. The van der Waals surface area contributed by atoms with Gasteiger partial charge < -0.3 is 13.7 Å². The average Bonchev–Trinajstić information content (AvgIpc) is 4.05. The zero-order valence-electron chi connectivity index (χ0n) is 34.7. The van der Waals surface area contributed by atoms with Gasteiger partial charge in [0.05, 0.1) is 5.69 Å². The average molecular weight is 816 g/mol. The lowest BCUT2D eigenvalue weighted by molar-refractivity contribution is 0.640. The van der Waals surface area contributed by atoms with Crippen molar-refractivity contribution in [1.29, 1.82) is 0 Å². The lowest BCUT2D eigenvalue weighted by atomic mass is 9.79. The fourth-order valence-electron chi connectivity index (χ4n) is 10.6. The van der Waals surface area contributed by atoms with Crippen LogP contribution in [-0.2, 0) is 5.41 Å². The first-order valence-corrected chi connectivity index (χ1v) is 22.5. The van der Waals surface area contributed by atoms with E-state index in [1.165, 1.54) is 53.6 Å². The van der Waals surface area contributed by atoms with E-state index in [4.69, 9.17) is 8.83 Å². The van der Waals surface area contributed by atoms with Crippen LogP contribution in [0.5, 0.6) is 0 Å². The molecule has 1 atom stereocenters. The maximum Gasteiger partial charge on any atom is 0.159 e. The summed E-state index contributed by atoms with van der Waals surface area (Å²) < 4.78 is 16.7. The second-order valence-electron chi connectivity index (χ2n) is 17.7. The Morgan fingerprint density at radius 1 is 0.581 bits per heavy atom. The normalized spacial score (nSPS) is 15.8. The van der Waals surface area contributed by atoms with Gasteiger partial charge in [0.25, 0.3) is 0 Å². The van der Waals surface area contributed by atoms with Crippen LogP contribution in [0, 0.1) is 5.92 Å². The molecule has 62 heavy (non-hydrogen) atoms. The van der Waals surface area contributed by atoms with Crippen molar-refractivity contribution in [2.24, 2.45) is 5.92 Å². The zero-order valence-corrected chi connectivity index (χ0v) is 35.5. The number of nitrogens with zero attached hydrogens (tertiary/aromatic N) is 1. The highest BCUT2D eigenvalue weighted by molar-refractivity contribution is 7.26. The van der Waals surface area contributed by atoms with Crippen LogP contribution < -0.4 is 4.90 Å². The van der Waals surface area contributed by atoms with Gasteiger partial charge in [-0.25, -0.2) is 0 Å². The molecule has 0 bridgehead atoms. The number of anilines is 3. The van der Waals surface area contributed by atoms with Gasteiger partial charge in [0.2, 0.25) is 0 Å². The second kappa shape index (κ2) is 13.2. The molecule has 0 amide bonds. The van der Waals surface area contributed by atoms with E-state index in [9.17, 15) is 0 Å². The number of allylic oxidation sites excluding steroid dienone is 4. The zero-order chi connectivity index (χ0) is 41.3. The molecule has 0 N–H and O–H groups in total. The predicted octanol–water partition coefficient (Wildman–Crippen LogP) is 17.3. The molecule has 0 saturated carbocycles. The van der Waals surface area contributed by atoms with Crippen LogP contribution in [-0.4, -0.2) is 0 Å². The van der Waals surface area contributed by atoms with Gasteiger partial charge in [-0.3, -0.25) is 0 Å². The largest absolute Gasteiger partial charge is 0.456 e. The van der Waals surface area contributed by atoms with Gasteiger partial charge in [-0.1, -0.05) is 148 Å². The molecule has 0 aliphatic heterocycles. The Bertz CT molecular complexity index is 3710. The number of hydrogen-bond donors (Lipinski definition) is 0. The van der Waals surface area contributed by atoms with Crippen LogP contribution in [0.15, 0.2) is 190 Å². The van der Waals surface area contributed by atoms with Crippen molar-refractivity contribution < 1.29 is 8.83 Å². The summed E-state index contributed by atoms with van der Waals surface area (Å²) in [6.45, 7) is 7.09. The molecule has 2 aliphatic rings. The number of para-hydroxylation sites is 2. The number of hydrogen-bond acceptors (Lipinski definition) is 4. The van der Waals surface area contributed by atoms with Crippen LogP contribution in [0.1, 0.15) is 38.3 Å². The van der Waals surface area contributed by atoms with E-state index in [1.807, 2.05) is 17.4 Å². The smallest absolute Gasteiger partial charge is 0.159 e. The molecule has 3 aromatic heterocycles. The molecule has 1 unspecified atom stereocenters. The topological polar surface area (TPSA) is 29.5 Å². The van der Waals surface area contributed by atoms with Crippen molar-refractivity contribution in [2.75, 3.05) is 4.90 Å². The molecular formula is C58H41NO2S. The maximum absolute atomic E-state index is 7.46. The number of thiophene rings is 1. The minimum atomic E-state index is -0.120. The van der Waals surface area contributed by atoms with Crippen LogP contribution in [0.4, 0.5) is 17.1 Å². The third kappa shape index (κ3) is 5.11. The van der Waals surface area contributed by atoms with Crippen LogP contribution in [0.3, 0.4) is 0 Å². The molecule has 11 aromatic rings. The number of benzene rings is 8. The van der Waals surface area contributed by atoms with Gasteiger partial charge in [-0.05, 0) is 94.3 Å². The maximum atomic E-state index is 7.46. The minimum absolute atomic E-state index is 0.120. The highest BCUT2D eigenvalue weighted by Gasteiger charge is 2.40. The summed E-state index contributed by atoms with van der Waals surface area (Å²) in [5, 5.41) is 6.77. The summed E-state index contributed by atoms with van der Waals surface area (Å²) in [5.41, 5.74) is 16.6. The van der Waals surface area contributed by atoms with E-state index in [0.717, 1.165) is 78.5 Å². The standard InChI is InChI=1S/C58H41NO2S/c1-34-23-30-47-45(31-34)39-29-28-38(32-48(39)58(47,2)3)59(37-26-24-36(25-27-37)35-13-5-4-6-14-35)49-20-12-17-41-46-33-51-53(43-16-7-9-21-50(43)60-51)54(56(46)61-55(41)49)44-19-11-18-42-40-15-8-10-22-52(40)62-57(42)44/h4-22,24-34H,23H2,1-3H3. The first-order valence-electron chi connectivity index (χ1n) is 21.6. The lowest BCUT2D eigenvalue weighted by Gasteiger charge is -2.28. The first-order chi connectivity index (χ1) is 30.4. The van der Waals surface area contributed by atoms with Crippen LogP contribution in [0.2, 0.25) is 0 Å². The predicted molar refractivity (Wildman–Crippen MR) is 262 cm³/mol. The van der Waals surface area contributed by atoms with Gasteiger partial charge in [0.15, 0.2) is 5.58 Å². The van der Waals surface area contributed by atoms with Crippen molar-refractivity contribution >= 4 is 98.0 Å². The Morgan fingerprint density at radius 3 is 2.18 bits per heavy atom. The van der Waals surface area contributed by atoms with E-state index < -0.39 is 0 Å². The quantitative estimate of drug-likeness (QED) is 0.173. The second-order valence-corrected chi connectivity index (χ2v) is 18.7. The van der Waals surface area contributed by atoms with Crippen molar-refractivity contribution in [3.05, 3.63) is 193 Å². The van der Waals surface area contributed by atoms with Crippen molar-refractivity contribution in [3.8, 4) is 22.3 Å². The highest BCUT2D eigenvalue weighted by Crippen LogP contribution is 2.55. The Kier molecular flexibility index (Phi) is 7.57. The third-order valence-electron chi connectivity index (χ3n) is 13.6. The molecular weight excluding hydrogens is 775 g/mol. The molecule has 8 aromatic carbocycles. The SMILES string of the molecule is CC1C=C2C(=CC1)C(C)(C)c1cc(N(c3ccc(-c4ccccc4)cc3)c3cccc4c3oc3c(-c5cccc6c5sc5ccccc56)c5c(cc34)oc3ccccc35)ccc12. The molecule has 0 radical (unpaired) electrons. The summed E-state index contributed by atoms with van der Waals surface area (Å²) in [6.07, 6.45) is 6.04. The molecule has 296 valence electrons. The molecule has 0 spiro atoms. The fraction of sp³-hybridized carbons (Fsp3) is 0.103. The summed E-state index contributed by atoms with van der Waals surface area (Å²) >= 11 is 1.85. The number of rotatable bonds is 5. The molecule has 0 saturated heterocycles. The van der Waals surface area contributed by atoms with Crippen LogP contribution >= 0.6 is 11.3 Å². The van der Waals surface area contributed by atoms with Crippen molar-refractivity contribution in [2.45, 2.75) is 32.6 Å². The van der Waals surface area contributed by atoms with E-state index >= 15 is 0 Å².